The number of piperazine rings is 1. The highest BCUT2D eigenvalue weighted by molar-refractivity contribution is 9.10. The number of amides is 2. The molecule has 0 aliphatic carbocycles. The number of hydrogen-bond donors (Lipinski definition) is 1. The lowest BCUT2D eigenvalue weighted by Gasteiger charge is -2.35. The van der Waals surface area contributed by atoms with E-state index in [0.717, 1.165) is 23.1 Å². The number of anilines is 1. The van der Waals surface area contributed by atoms with Crippen molar-refractivity contribution in [2.24, 2.45) is 0 Å². The van der Waals surface area contributed by atoms with Gasteiger partial charge in [0.1, 0.15) is 11.6 Å². The first-order valence-electron chi connectivity index (χ1n) is 11.7. The van der Waals surface area contributed by atoms with Gasteiger partial charge in [0.2, 0.25) is 0 Å². The first kappa shape index (κ1) is 24.7. The van der Waals surface area contributed by atoms with Crippen molar-refractivity contribution in [2.75, 3.05) is 44.7 Å². The topological polar surface area (TPSA) is 74.8 Å². The lowest BCUT2D eigenvalue weighted by atomic mass is 10.1. The number of methoxy groups -OCH3 is 1. The van der Waals surface area contributed by atoms with Gasteiger partial charge in [0.15, 0.2) is 0 Å². The highest BCUT2D eigenvalue weighted by atomic mass is 79.9. The Morgan fingerprint density at radius 1 is 1.03 bits per heavy atom. The van der Waals surface area contributed by atoms with Crippen LogP contribution < -0.4 is 15.0 Å². The molecular formula is C27H29BrN4O3. The van der Waals surface area contributed by atoms with E-state index in [1.54, 1.807) is 37.6 Å². The van der Waals surface area contributed by atoms with E-state index in [2.05, 4.69) is 43.3 Å². The second kappa shape index (κ2) is 11.8. The summed E-state index contributed by atoms with van der Waals surface area (Å²) in [6, 6.07) is 19.3. The van der Waals surface area contributed by atoms with Crippen LogP contribution in [-0.4, -0.2) is 61.5 Å². The van der Waals surface area contributed by atoms with Crippen molar-refractivity contribution in [3.8, 4) is 5.75 Å². The SMILES string of the molecule is COc1ccc(C(=O)N2CCN(c3ccc(C(=O)NCCCc4ccccc4)cn3)CC2)c(Br)c1. The molecule has 1 aromatic heterocycles. The van der Waals surface area contributed by atoms with Gasteiger partial charge < -0.3 is 19.9 Å². The van der Waals surface area contributed by atoms with E-state index in [1.165, 1.54) is 5.56 Å². The Bertz CT molecular complexity index is 1150. The molecule has 2 heterocycles. The van der Waals surface area contributed by atoms with E-state index in [9.17, 15) is 9.59 Å². The summed E-state index contributed by atoms with van der Waals surface area (Å²) in [4.78, 5) is 33.9. The van der Waals surface area contributed by atoms with Crippen molar-refractivity contribution in [3.05, 3.63) is 88.0 Å². The highest BCUT2D eigenvalue weighted by Crippen LogP contribution is 2.25. The Balaban J connectivity index is 1.25. The average Bonchev–Trinajstić information content (AvgIpc) is 2.91. The predicted molar refractivity (Wildman–Crippen MR) is 140 cm³/mol. The van der Waals surface area contributed by atoms with E-state index < -0.39 is 0 Å². The van der Waals surface area contributed by atoms with Gasteiger partial charge in [-0.15, -0.1) is 0 Å². The Hall–Kier alpha value is -3.39. The van der Waals surface area contributed by atoms with Crippen LogP contribution in [0.4, 0.5) is 5.82 Å². The van der Waals surface area contributed by atoms with Gasteiger partial charge in [0.25, 0.3) is 11.8 Å². The summed E-state index contributed by atoms with van der Waals surface area (Å²) in [5.74, 6) is 1.39. The van der Waals surface area contributed by atoms with Crippen LogP contribution in [-0.2, 0) is 6.42 Å². The van der Waals surface area contributed by atoms with Crippen molar-refractivity contribution in [1.29, 1.82) is 0 Å². The van der Waals surface area contributed by atoms with Crippen molar-refractivity contribution >= 4 is 33.6 Å². The minimum atomic E-state index is -0.113. The predicted octanol–water partition coefficient (Wildman–Crippen LogP) is 4.18. The fraction of sp³-hybridized carbons (Fsp3) is 0.296. The van der Waals surface area contributed by atoms with E-state index >= 15 is 0 Å². The van der Waals surface area contributed by atoms with Gasteiger partial charge in [0, 0.05) is 43.4 Å². The van der Waals surface area contributed by atoms with E-state index in [-0.39, 0.29) is 11.8 Å². The van der Waals surface area contributed by atoms with E-state index in [4.69, 9.17) is 4.74 Å². The summed E-state index contributed by atoms with van der Waals surface area (Å²) in [5.41, 5.74) is 2.44. The molecule has 7 nitrogen and oxygen atoms in total. The molecule has 1 aliphatic heterocycles. The number of benzene rings is 2. The molecule has 0 radical (unpaired) electrons. The third-order valence-electron chi connectivity index (χ3n) is 6.08. The minimum absolute atomic E-state index is 0.00794. The van der Waals surface area contributed by atoms with Gasteiger partial charge in [-0.3, -0.25) is 9.59 Å². The number of aryl methyl sites for hydroxylation is 1. The summed E-state index contributed by atoms with van der Waals surface area (Å²) in [6.07, 6.45) is 3.44. The summed E-state index contributed by atoms with van der Waals surface area (Å²) < 4.78 is 5.93. The molecule has 182 valence electrons. The fourth-order valence-electron chi connectivity index (χ4n) is 4.05. The van der Waals surface area contributed by atoms with Crippen LogP contribution in [0.3, 0.4) is 0 Å². The third kappa shape index (κ3) is 6.39. The summed E-state index contributed by atoms with van der Waals surface area (Å²) in [6.45, 7) is 3.18. The number of pyridine rings is 1. The zero-order valence-corrected chi connectivity index (χ0v) is 21.3. The smallest absolute Gasteiger partial charge is 0.255 e. The van der Waals surface area contributed by atoms with Crippen LogP contribution in [0, 0.1) is 0 Å². The molecule has 3 aromatic rings. The second-order valence-corrected chi connectivity index (χ2v) is 9.23. The summed E-state index contributed by atoms with van der Waals surface area (Å²) >= 11 is 3.47. The van der Waals surface area contributed by atoms with Crippen LogP contribution in [0.1, 0.15) is 32.7 Å². The Labute approximate surface area is 214 Å². The van der Waals surface area contributed by atoms with Crippen LogP contribution in [0.15, 0.2) is 71.3 Å². The van der Waals surface area contributed by atoms with Gasteiger partial charge in [-0.05, 0) is 64.7 Å². The highest BCUT2D eigenvalue weighted by Gasteiger charge is 2.24. The minimum Gasteiger partial charge on any atom is -0.497 e. The number of nitrogens with zero attached hydrogens (tertiary/aromatic N) is 3. The first-order chi connectivity index (χ1) is 17.0. The largest absolute Gasteiger partial charge is 0.497 e. The normalized spacial score (nSPS) is 13.4. The average molecular weight is 537 g/mol. The van der Waals surface area contributed by atoms with Crippen LogP contribution in [0.25, 0.3) is 0 Å². The molecule has 1 saturated heterocycles. The molecule has 0 spiro atoms. The monoisotopic (exact) mass is 536 g/mol. The molecule has 1 aliphatic rings. The molecule has 1 N–H and O–H groups in total. The number of nitrogens with one attached hydrogen (secondary N) is 1. The first-order valence-corrected chi connectivity index (χ1v) is 12.5. The third-order valence-corrected chi connectivity index (χ3v) is 6.73. The molecule has 0 saturated carbocycles. The van der Waals surface area contributed by atoms with Crippen LogP contribution in [0.2, 0.25) is 0 Å². The zero-order chi connectivity index (χ0) is 24.6. The molecule has 35 heavy (non-hydrogen) atoms. The Kier molecular flexibility index (Phi) is 8.36. The van der Waals surface area contributed by atoms with Gasteiger partial charge in [-0.25, -0.2) is 4.98 Å². The van der Waals surface area contributed by atoms with Gasteiger partial charge >= 0.3 is 0 Å². The van der Waals surface area contributed by atoms with Gasteiger partial charge in [-0.2, -0.15) is 0 Å². The van der Waals surface area contributed by atoms with E-state index in [0.29, 0.717) is 49.6 Å². The maximum atomic E-state index is 12.9. The molecule has 2 amide bonds. The zero-order valence-electron chi connectivity index (χ0n) is 19.7. The molecule has 0 atom stereocenters. The lowest BCUT2D eigenvalue weighted by Crippen LogP contribution is -2.49. The Morgan fingerprint density at radius 3 is 2.46 bits per heavy atom. The van der Waals surface area contributed by atoms with Gasteiger partial charge in [-0.1, -0.05) is 30.3 Å². The number of aromatic nitrogens is 1. The molecule has 8 heteroatoms. The Morgan fingerprint density at radius 2 is 1.80 bits per heavy atom. The van der Waals surface area contributed by atoms with Crippen molar-refractivity contribution in [3.63, 3.8) is 0 Å². The molecular weight excluding hydrogens is 508 g/mol. The van der Waals surface area contributed by atoms with E-state index in [1.807, 2.05) is 29.2 Å². The second-order valence-electron chi connectivity index (χ2n) is 8.38. The fourth-order valence-corrected chi connectivity index (χ4v) is 4.58. The molecule has 1 fully saturated rings. The van der Waals surface area contributed by atoms with Crippen molar-refractivity contribution < 1.29 is 14.3 Å². The number of ether oxygens (including phenoxy) is 1. The molecule has 0 bridgehead atoms. The summed E-state index contributed by atoms with van der Waals surface area (Å²) in [7, 11) is 1.60. The number of rotatable bonds is 8. The van der Waals surface area contributed by atoms with Crippen molar-refractivity contribution in [1.82, 2.24) is 15.2 Å². The van der Waals surface area contributed by atoms with Crippen LogP contribution >= 0.6 is 15.9 Å². The molecule has 2 aromatic carbocycles. The standard InChI is InChI=1S/C27H29BrN4O3/c1-35-22-10-11-23(24(28)18-22)27(34)32-16-14-31(15-17-32)25-12-9-21(19-30-25)26(33)29-13-5-8-20-6-3-2-4-7-20/h2-4,6-7,9-12,18-19H,5,8,13-17H2,1H3,(H,29,33). The van der Waals surface area contributed by atoms with Crippen LogP contribution in [0.5, 0.6) is 5.75 Å². The maximum Gasteiger partial charge on any atom is 0.255 e. The number of halogens is 1. The number of carbonyl (C=O) groups excluding carboxylic acids is 2. The maximum absolute atomic E-state index is 12.9. The number of hydrogen-bond acceptors (Lipinski definition) is 5. The lowest BCUT2D eigenvalue weighted by molar-refractivity contribution is 0.0745. The van der Waals surface area contributed by atoms with Crippen molar-refractivity contribution in [2.45, 2.75) is 12.8 Å². The molecule has 0 unspecified atom stereocenters. The number of carbonyl (C=O) groups is 2. The molecule has 4 rings (SSSR count). The van der Waals surface area contributed by atoms with Gasteiger partial charge in [0.05, 0.1) is 18.2 Å². The quantitative estimate of drug-likeness (QED) is 0.437. The summed E-state index contributed by atoms with van der Waals surface area (Å²) in [5, 5.41) is 2.97.